The fourth-order valence-corrected chi connectivity index (χ4v) is 4.32. The largest absolute Gasteiger partial charge is 0.368 e. The number of carbonyl (C=O) groups is 3. The molecule has 7 nitrogen and oxygen atoms in total. The number of hydrogen-bond donors (Lipinski definition) is 3. The highest BCUT2D eigenvalue weighted by atomic mass is 35.5. The van der Waals surface area contributed by atoms with Gasteiger partial charge < -0.3 is 20.9 Å². The van der Waals surface area contributed by atoms with Gasteiger partial charge in [0.25, 0.3) is 0 Å². The van der Waals surface area contributed by atoms with Gasteiger partial charge >= 0.3 is 11.8 Å². The SMILES string of the molecule is CC1CCNC(=O)C1NC(=O)C(=O)Nc1cc(Cl)ccc1N1CCSCC1. The van der Waals surface area contributed by atoms with Crippen LogP contribution in [0.5, 0.6) is 0 Å². The minimum atomic E-state index is -0.830. The van der Waals surface area contributed by atoms with Crippen LogP contribution in [0.4, 0.5) is 11.4 Å². The van der Waals surface area contributed by atoms with Crippen molar-refractivity contribution in [2.24, 2.45) is 5.92 Å². The molecule has 3 rings (SSSR count). The van der Waals surface area contributed by atoms with E-state index in [4.69, 9.17) is 11.6 Å². The van der Waals surface area contributed by atoms with Crippen molar-refractivity contribution in [2.75, 3.05) is 41.4 Å². The maximum absolute atomic E-state index is 12.4. The van der Waals surface area contributed by atoms with Crippen LogP contribution in [0.1, 0.15) is 13.3 Å². The van der Waals surface area contributed by atoms with Crippen LogP contribution in [-0.2, 0) is 14.4 Å². The monoisotopic (exact) mass is 410 g/mol. The number of anilines is 2. The van der Waals surface area contributed by atoms with Crippen molar-refractivity contribution in [1.29, 1.82) is 0 Å². The van der Waals surface area contributed by atoms with Crippen LogP contribution in [0, 0.1) is 5.92 Å². The van der Waals surface area contributed by atoms with Gasteiger partial charge in [-0.15, -0.1) is 0 Å². The number of thioether (sulfide) groups is 1. The molecule has 2 atom stereocenters. The van der Waals surface area contributed by atoms with Gasteiger partial charge in [-0.25, -0.2) is 0 Å². The first kappa shape index (κ1) is 19.8. The molecule has 27 heavy (non-hydrogen) atoms. The van der Waals surface area contributed by atoms with E-state index in [1.807, 2.05) is 24.8 Å². The second-order valence-electron chi connectivity index (χ2n) is 6.72. The number of halogens is 1. The van der Waals surface area contributed by atoms with E-state index < -0.39 is 17.9 Å². The Morgan fingerprint density at radius 2 is 2.00 bits per heavy atom. The van der Waals surface area contributed by atoms with Crippen molar-refractivity contribution in [3.05, 3.63) is 23.2 Å². The molecule has 2 aliphatic heterocycles. The highest BCUT2D eigenvalue weighted by Crippen LogP contribution is 2.31. The van der Waals surface area contributed by atoms with Crippen LogP contribution in [-0.4, -0.2) is 54.9 Å². The molecule has 2 saturated heterocycles. The number of hydrogen-bond acceptors (Lipinski definition) is 5. The molecule has 2 heterocycles. The molecule has 2 unspecified atom stereocenters. The number of rotatable bonds is 3. The Morgan fingerprint density at radius 3 is 2.70 bits per heavy atom. The Bertz CT molecular complexity index is 739. The van der Waals surface area contributed by atoms with Gasteiger partial charge in [0.1, 0.15) is 6.04 Å². The first-order chi connectivity index (χ1) is 13.0. The van der Waals surface area contributed by atoms with Gasteiger partial charge in [-0.1, -0.05) is 18.5 Å². The summed E-state index contributed by atoms with van der Waals surface area (Å²) in [7, 11) is 0. The van der Waals surface area contributed by atoms with Crippen molar-refractivity contribution in [1.82, 2.24) is 10.6 Å². The minimum Gasteiger partial charge on any atom is -0.368 e. The van der Waals surface area contributed by atoms with Crippen LogP contribution >= 0.6 is 23.4 Å². The number of carbonyl (C=O) groups excluding carboxylic acids is 3. The minimum absolute atomic E-state index is 0.0249. The zero-order chi connectivity index (χ0) is 19.4. The van der Waals surface area contributed by atoms with Crippen LogP contribution in [0.15, 0.2) is 18.2 Å². The summed E-state index contributed by atoms with van der Waals surface area (Å²) in [5.74, 6) is 0.0860. The van der Waals surface area contributed by atoms with Crippen molar-refractivity contribution in [3.63, 3.8) is 0 Å². The summed E-state index contributed by atoms with van der Waals surface area (Å²) >= 11 is 7.97. The maximum Gasteiger partial charge on any atom is 0.313 e. The first-order valence-corrected chi connectivity index (χ1v) is 10.5. The summed E-state index contributed by atoms with van der Waals surface area (Å²) in [6.07, 6.45) is 0.754. The number of benzene rings is 1. The molecule has 146 valence electrons. The van der Waals surface area contributed by atoms with E-state index in [1.165, 1.54) is 0 Å². The van der Waals surface area contributed by atoms with Crippen LogP contribution in [0.3, 0.4) is 0 Å². The molecule has 3 N–H and O–H groups in total. The van der Waals surface area contributed by atoms with Gasteiger partial charge in [0.15, 0.2) is 0 Å². The van der Waals surface area contributed by atoms with Gasteiger partial charge in [0, 0.05) is 36.2 Å². The van der Waals surface area contributed by atoms with E-state index in [2.05, 4.69) is 20.9 Å². The second kappa shape index (κ2) is 8.84. The number of nitrogens with one attached hydrogen (secondary N) is 3. The zero-order valence-corrected chi connectivity index (χ0v) is 16.7. The third-order valence-corrected chi connectivity index (χ3v) is 5.98. The van der Waals surface area contributed by atoms with E-state index >= 15 is 0 Å². The molecule has 0 saturated carbocycles. The summed E-state index contributed by atoms with van der Waals surface area (Å²) in [5.41, 5.74) is 1.33. The van der Waals surface area contributed by atoms with Gasteiger partial charge in [-0.3, -0.25) is 14.4 Å². The predicted molar refractivity (Wildman–Crippen MR) is 108 cm³/mol. The predicted octanol–water partition coefficient (Wildman–Crippen LogP) is 1.47. The van der Waals surface area contributed by atoms with Crippen molar-refractivity contribution < 1.29 is 14.4 Å². The highest BCUT2D eigenvalue weighted by molar-refractivity contribution is 7.99. The van der Waals surface area contributed by atoms with Crippen molar-refractivity contribution >= 4 is 52.5 Å². The molecule has 0 spiro atoms. The maximum atomic E-state index is 12.4. The molecular formula is C18H23ClN4O3S. The smallest absolute Gasteiger partial charge is 0.313 e. The number of amides is 3. The standard InChI is InChI=1S/C18H23ClN4O3S/c1-11-4-5-20-16(24)15(11)22-18(26)17(25)21-13-10-12(19)2-3-14(13)23-6-8-27-9-7-23/h2-3,10-11,15H,4-9H2,1H3,(H,20,24)(H,21,25)(H,22,26). The van der Waals surface area contributed by atoms with Crippen molar-refractivity contribution in [3.8, 4) is 0 Å². The van der Waals surface area contributed by atoms with Crippen LogP contribution in [0.2, 0.25) is 5.02 Å². The average Bonchev–Trinajstić information content (AvgIpc) is 2.65. The Morgan fingerprint density at radius 1 is 1.26 bits per heavy atom. The van der Waals surface area contributed by atoms with Crippen LogP contribution in [0.25, 0.3) is 0 Å². The Balaban J connectivity index is 1.70. The van der Waals surface area contributed by atoms with E-state index in [9.17, 15) is 14.4 Å². The molecule has 2 aliphatic rings. The third-order valence-electron chi connectivity index (χ3n) is 4.80. The fraction of sp³-hybridized carbons (Fsp3) is 0.500. The number of piperidine rings is 1. The number of nitrogens with zero attached hydrogens (tertiary/aromatic N) is 1. The Kier molecular flexibility index (Phi) is 6.49. The lowest BCUT2D eigenvalue weighted by Gasteiger charge is -2.30. The lowest BCUT2D eigenvalue weighted by Crippen LogP contribution is -2.56. The van der Waals surface area contributed by atoms with Gasteiger partial charge in [0.2, 0.25) is 5.91 Å². The summed E-state index contributed by atoms with van der Waals surface area (Å²) in [6, 6.07) is 4.56. The van der Waals surface area contributed by atoms with E-state index in [0.717, 1.165) is 36.7 Å². The van der Waals surface area contributed by atoms with E-state index in [1.54, 1.807) is 12.1 Å². The second-order valence-corrected chi connectivity index (χ2v) is 8.38. The Hall–Kier alpha value is -1.93. The lowest BCUT2D eigenvalue weighted by molar-refractivity contribution is -0.139. The topological polar surface area (TPSA) is 90.5 Å². The highest BCUT2D eigenvalue weighted by Gasteiger charge is 2.32. The molecule has 0 bridgehead atoms. The zero-order valence-electron chi connectivity index (χ0n) is 15.1. The molecule has 9 heteroatoms. The first-order valence-electron chi connectivity index (χ1n) is 8.97. The molecular weight excluding hydrogens is 388 g/mol. The molecule has 1 aromatic rings. The lowest BCUT2D eigenvalue weighted by atomic mass is 9.94. The Labute approximate surface area is 167 Å². The van der Waals surface area contributed by atoms with Crippen molar-refractivity contribution in [2.45, 2.75) is 19.4 Å². The third kappa shape index (κ3) is 4.87. The molecule has 0 radical (unpaired) electrons. The summed E-state index contributed by atoms with van der Waals surface area (Å²) in [4.78, 5) is 38.9. The van der Waals surface area contributed by atoms with E-state index in [0.29, 0.717) is 17.3 Å². The molecule has 2 fully saturated rings. The summed E-state index contributed by atoms with van der Waals surface area (Å²) in [6.45, 7) is 4.19. The molecule has 0 aromatic heterocycles. The van der Waals surface area contributed by atoms with Gasteiger partial charge in [-0.2, -0.15) is 11.8 Å². The summed E-state index contributed by atoms with van der Waals surface area (Å²) in [5, 5.41) is 8.37. The van der Waals surface area contributed by atoms with Gasteiger partial charge in [-0.05, 0) is 30.5 Å². The summed E-state index contributed by atoms with van der Waals surface area (Å²) < 4.78 is 0. The van der Waals surface area contributed by atoms with E-state index in [-0.39, 0.29) is 11.8 Å². The normalized spacial score (nSPS) is 22.7. The average molecular weight is 411 g/mol. The van der Waals surface area contributed by atoms with Gasteiger partial charge in [0.05, 0.1) is 11.4 Å². The molecule has 0 aliphatic carbocycles. The molecule has 3 amide bonds. The fourth-order valence-electron chi connectivity index (χ4n) is 3.24. The quantitative estimate of drug-likeness (QED) is 0.656. The molecule has 1 aromatic carbocycles. The van der Waals surface area contributed by atoms with Crippen LogP contribution < -0.4 is 20.9 Å².